The quantitative estimate of drug-likeness (QED) is 0.528. The van der Waals surface area contributed by atoms with Crippen molar-refractivity contribution >= 4 is 0 Å². The zero-order valence-electron chi connectivity index (χ0n) is 17.1. The Morgan fingerprint density at radius 1 is 1.07 bits per heavy atom. The number of halogens is 1. The normalized spacial score (nSPS) is 16.1. The minimum absolute atomic E-state index is 0.235. The molecule has 3 rings (SSSR count). The fraction of sp³-hybridized carbons (Fsp3) is 0.480. The van der Waals surface area contributed by atoms with Crippen LogP contribution in [0.2, 0.25) is 0 Å². The molecule has 2 aromatic rings. The van der Waals surface area contributed by atoms with E-state index in [0.29, 0.717) is 17.5 Å². The molecule has 1 atom stereocenters. The van der Waals surface area contributed by atoms with Crippen LogP contribution in [0, 0.1) is 23.1 Å². The van der Waals surface area contributed by atoms with E-state index in [2.05, 4.69) is 49.1 Å². The molecule has 0 aliphatic heterocycles. The third kappa shape index (κ3) is 4.80. The SMILES string of the molecule is CC(C)N(CCCC(C#N)(c1ccccc1F)C1CC1)CCc1ccccc1. The lowest BCUT2D eigenvalue weighted by molar-refractivity contribution is 0.212. The van der Waals surface area contributed by atoms with Gasteiger partial charge in [-0.2, -0.15) is 5.26 Å². The summed E-state index contributed by atoms with van der Waals surface area (Å²) in [6, 6.07) is 20.4. The molecule has 0 saturated heterocycles. The van der Waals surface area contributed by atoms with E-state index in [9.17, 15) is 9.65 Å². The minimum Gasteiger partial charge on any atom is -0.301 e. The number of nitrogens with zero attached hydrogens (tertiary/aromatic N) is 2. The van der Waals surface area contributed by atoms with Crippen molar-refractivity contribution in [2.24, 2.45) is 5.92 Å². The van der Waals surface area contributed by atoms with Crippen LogP contribution < -0.4 is 0 Å². The lowest BCUT2D eigenvalue weighted by Gasteiger charge is -2.31. The molecule has 0 N–H and O–H groups in total. The second-order valence-electron chi connectivity index (χ2n) is 8.31. The van der Waals surface area contributed by atoms with Gasteiger partial charge in [-0.1, -0.05) is 48.5 Å². The molecule has 3 heteroatoms. The summed E-state index contributed by atoms with van der Waals surface area (Å²) in [7, 11) is 0. The third-order valence-electron chi connectivity index (χ3n) is 6.11. The molecular formula is C25H31FN2. The van der Waals surface area contributed by atoms with Gasteiger partial charge < -0.3 is 4.90 Å². The van der Waals surface area contributed by atoms with Gasteiger partial charge in [-0.15, -0.1) is 0 Å². The van der Waals surface area contributed by atoms with E-state index >= 15 is 0 Å². The van der Waals surface area contributed by atoms with Crippen LogP contribution in [0.3, 0.4) is 0 Å². The summed E-state index contributed by atoms with van der Waals surface area (Å²) in [6.45, 7) is 6.39. The predicted octanol–water partition coefficient (Wildman–Crippen LogP) is 5.73. The Balaban J connectivity index is 1.64. The predicted molar refractivity (Wildman–Crippen MR) is 113 cm³/mol. The highest BCUT2D eigenvalue weighted by Crippen LogP contribution is 2.50. The zero-order chi connectivity index (χ0) is 20.0. The van der Waals surface area contributed by atoms with Gasteiger partial charge in [0.2, 0.25) is 0 Å². The van der Waals surface area contributed by atoms with Crippen molar-refractivity contribution in [3.63, 3.8) is 0 Å². The highest BCUT2D eigenvalue weighted by Gasteiger charge is 2.47. The largest absolute Gasteiger partial charge is 0.301 e. The lowest BCUT2D eigenvalue weighted by atomic mass is 9.73. The van der Waals surface area contributed by atoms with Crippen LogP contribution in [-0.4, -0.2) is 24.0 Å². The summed E-state index contributed by atoms with van der Waals surface area (Å²) in [5.41, 5.74) is 1.28. The molecule has 1 aliphatic carbocycles. The summed E-state index contributed by atoms with van der Waals surface area (Å²) < 4.78 is 14.5. The standard InChI is InChI=1S/C25H31FN2/c1-20(2)28(18-15-21-9-4-3-5-10-21)17-8-16-25(19-27,22-13-14-22)23-11-6-7-12-24(23)26/h3-7,9-12,20,22H,8,13-18H2,1-2H3. The first kappa shape index (κ1) is 20.6. The van der Waals surface area contributed by atoms with Crippen LogP contribution in [0.25, 0.3) is 0 Å². The first-order chi connectivity index (χ1) is 13.6. The molecule has 0 bridgehead atoms. The number of rotatable bonds is 10. The Morgan fingerprint density at radius 2 is 1.75 bits per heavy atom. The molecule has 0 aromatic heterocycles. The summed E-state index contributed by atoms with van der Waals surface area (Å²) in [6.07, 6.45) is 4.72. The Morgan fingerprint density at radius 3 is 2.36 bits per heavy atom. The van der Waals surface area contributed by atoms with Gasteiger partial charge in [0.15, 0.2) is 0 Å². The van der Waals surface area contributed by atoms with Gasteiger partial charge in [0.05, 0.1) is 11.5 Å². The summed E-state index contributed by atoms with van der Waals surface area (Å²) >= 11 is 0. The van der Waals surface area contributed by atoms with E-state index in [1.165, 1.54) is 11.6 Å². The molecule has 2 nitrogen and oxygen atoms in total. The second kappa shape index (κ2) is 9.34. The van der Waals surface area contributed by atoms with Crippen molar-refractivity contribution in [2.75, 3.05) is 13.1 Å². The first-order valence-corrected chi connectivity index (χ1v) is 10.5. The van der Waals surface area contributed by atoms with Crippen LogP contribution in [0.5, 0.6) is 0 Å². The topological polar surface area (TPSA) is 27.0 Å². The van der Waals surface area contributed by atoms with E-state index in [1.54, 1.807) is 6.07 Å². The highest BCUT2D eigenvalue weighted by atomic mass is 19.1. The monoisotopic (exact) mass is 378 g/mol. The number of benzene rings is 2. The highest BCUT2D eigenvalue weighted by molar-refractivity contribution is 5.36. The maximum atomic E-state index is 14.5. The van der Waals surface area contributed by atoms with Crippen molar-refractivity contribution < 1.29 is 4.39 Å². The molecule has 148 valence electrons. The Kier molecular flexibility index (Phi) is 6.86. The summed E-state index contributed by atoms with van der Waals surface area (Å²) in [5, 5.41) is 10.1. The third-order valence-corrected chi connectivity index (χ3v) is 6.11. The molecule has 0 heterocycles. The van der Waals surface area contributed by atoms with Crippen molar-refractivity contribution in [1.29, 1.82) is 5.26 Å². The molecule has 0 spiro atoms. The van der Waals surface area contributed by atoms with Crippen molar-refractivity contribution in [3.05, 3.63) is 71.5 Å². The molecule has 1 aliphatic rings. The van der Waals surface area contributed by atoms with Crippen LogP contribution in [0.15, 0.2) is 54.6 Å². The smallest absolute Gasteiger partial charge is 0.128 e. The van der Waals surface area contributed by atoms with Crippen LogP contribution in [-0.2, 0) is 11.8 Å². The van der Waals surface area contributed by atoms with Gasteiger partial charge in [0.1, 0.15) is 5.82 Å². The van der Waals surface area contributed by atoms with Crippen LogP contribution in [0.1, 0.15) is 50.7 Å². The second-order valence-corrected chi connectivity index (χ2v) is 8.31. The molecule has 2 aromatic carbocycles. The lowest BCUT2D eigenvalue weighted by Crippen LogP contribution is -2.35. The van der Waals surface area contributed by atoms with Gasteiger partial charge in [0.25, 0.3) is 0 Å². The molecule has 28 heavy (non-hydrogen) atoms. The maximum absolute atomic E-state index is 14.5. The number of hydrogen-bond acceptors (Lipinski definition) is 2. The fourth-order valence-electron chi connectivity index (χ4n) is 4.27. The van der Waals surface area contributed by atoms with E-state index < -0.39 is 5.41 Å². The van der Waals surface area contributed by atoms with Crippen molar-refractivity contribution in [3.8, 4) is 6.07 Å². The van der Waals surface area contributed by atoms with Crippen molar-refractivity contribution in [2.45, 2.75) is 57.4 Å². The van der Waals surface area contributed by atoms with E-state index in [4.69, 9.17) is 0 Å². The van der Waals surface area contributed by atoms with Gasteiger partial charge in [-0.3, -0.25) is 0 Å². The van der Waals surface area contributed by atoms with Crippen molar-refractivity contribution in [1.82, 2.24) is 4.90 Å². The van der Waals surface area contributed by atoms with E-state index in [0.717, 1.165) is 45.2 Å². The Labute approximate surface area is 169 Å². The van der Waals surface area contributed by atoms with Gasteiger partial charge in [-0.05, 0) is 70.0 Å². The molecule has 1 saturated carbocycles. The average molecular weight is 379 g/mol. The number of hydrogen-bond donors (Lipinski definition) is 0. The van der Waals surface area contributed by atoms with Gasteiger partial charge in [0, 0.05) is 18.2 Å². The fourth-order valence-corrected chi connectivity index (χ4v) is 4.27. The van der Waals surface area contributed by atoms with Gasteiger partial charge >= 0.3 is 0 Å². The molecular weight excluding hydrogens is 347 g/mol. The average Bonchev–Trinajstić information content (AvgIpc) is 3.55. The van der Waals surface area contributed by atoms with Gasteiger partial charge in [-0.25, -0.2) is 4.39 Å². The zero-order valence-corrected chi connectivity index (χ0v) is 17.1. The molecule has 1 fully saturated rings. The maximum Gasteiger partial charge on any atom is 0.128 e. The first-order valence-electron chi connectivity index (χ1n) is 10.5. The van der Waals surface area contributed by atoms with E-state index in [1.807, 2.05) is 18.2 Å². The molecule has 1 unspecified atom stereocenters. The molecule has 0 amide bonds. The Hall–Kier alpha value is -2.18. The summed E-state index contributed by atoms with van der Waals surface area (Å²) in [5.74, 6) is 0.0620. The Bertz CT molecular complexity index is 792. The summed E-state index contributed by atoms with van der Waals surface area (Å²) in [4.78, 5) is 2.48. The van der Waals surface area contributed by atoms with Crippen LogP contribution >= 0.6 is 0 Å². The minimum atomic E-state index is -0.673. The van der Waals surface area contributed by atoms with E-state index in [-0.39, 0.29) is 5.82 Å². The number of nitriles is 1. The van der Waals surface area contributed by atoms with Crippen LogP contribution in [0.4, 0.5) is 4.39 Å². The molecule has 0 radical (unpaired) electrons.